The number of aryl methyl sites for hydroxylation is 1. The summed E-state index contributed by atoms with van der Waals surface area (Å²) in [5.41, 5.74) is 1.06. The van der Waals surface area contributed by atoms with Gasteiger partial charge in [0.2, 0.25) is 5.91 Å². The Kier molecular flexibility index (Phi) is 5.16. The molecule has 1 amide bonds. The molecule has 23 heavy (non-hydrogen) atoms. The molecule has 3 heterocycles. The van der Waals surface area contributed by atoms with E-state index in [1.54, 1.807) is 0 Å². The number of aromatic nitrogens is 1. The van der Waals surface area contributed by atoms with Crippen LogP contribution < -0.4 is 4.90 Å². The van der Waals surface area contributed by atoms with E-state index in [4.69, 9.17) is 0 Å². The average Bonchev–Trinajstić information content (AvgIpc) is 3.09. The third-order valence-electron chi connectivity index (χ3n) is 5.06. The number of hydrogen-bond donors (Lipinski definition) is 0. The molecule has 126 valence electrons. The molecule has 0 N–H and O–H groups in total. The van der Waals surface area contributed by atoms with E-state index in [0.717, 1.165) is 63.4 Å². The van der Waals surface area contributed by atoms with Crippen molar-refractivity contribution in [3.63, 3.8) is 0 Å². The third-order valence-corrected chi connectivity index (χ3v) is 5.06. The standard InChI is InChI=1S/C18H28N4O/c1-15-7-5-9-17(19-15)22-12-6-8-16(13-22)20(2)14-18(23)21-10-3-4-11-21/h5,7,9,16H,3-4,6,8,10-14H2,1-2H3/t16-/m0/s1. The number of carbonyl (C=O) groups is 1. The number of hydrogen-bond acceptors (Lipinski definition) is 4. The van der Waals surface area contributed by atoms with Crippen molar-refractivity contribution in [3.05, 3.63) is 23.9 Å². The van der Waals surface area contributed by atoms with Crippen LogP contribution in [-0.4, -0.2) is 66.5 Å². The summed E-state index contributed by atoms with van der Waals surface area (Å²) in [5, 5.41) is 0. The molecule has 0 unspecified atom stereocenters. The van der Waals surface area contributed by atoms with Crippen LogP contribution in [0.15, 0.2) is 18.2 Å². The van der Waals surface area contributed by atoms with Gasteiger partial charge in [-0.3, -0.25) is 9.69 Å². The zero-order valence-corrected chi connectivity index (χ0v) is 14.4. The minimum atomic E-state index is 0.288. The fourth-order valence-electron chi connectivity index (χ4n) is 3.64. The second-order valence-corrected chi connectivity index (χ2v) is 6.88. The van der Waals surface area contributed by atoms with Gasteiger partial charge in [-0.2, -0.15) is 0 Å². The van der Waals surface area contributed by atoms with Crippen molar-refractivity contribution in [2.45, 2.75) is 38.6 Å². The first-order valence-corrected chi connectivity index (χ1v) is 8.80. The van der Waals surface area contributed by atoms with Crippen molar-refractivity contribution in [2.75, 3.05) is 44.7 Å². The van der Waals surface area contributed by atoms with Crippen molar-refractivity contribution in [1.82, 2.24) is 14.8 Å². The van der Waals surface area contributed by atoms with Crippen LogP contribution in [-0.2, 0) is 4.79 Å². The van der Waals surface area contributed by atoms with Gasteiger partial charge in [-0.05, 0) is 51.8 Å². The van der Waals surface area contributed by atoms with Gasteiger partial charge in [0.05, 0.1) is 6.54 Å². The van der Waals surface area contributed by atoms with Gasteiger partial charge in [0.1, 0.15) is 5.82 Å². The van der Waals surface area contributed by atoms with Crippen LogP contribution in [0.4, 0.5) is 5.82 Å². The van der Waals surface area contributed by atoms with Crippen LogP contribution in [0.25, 0.3) is 0 Å². The number of nitrogens with zero attached hydrogens (tertiary/aromatic N) is 4. The van der Waals surface area contributed by atoms with Gasteiger partial charge < -0.3 is 9.80 Å². The molecule has 0 aromatic carbocycles. The Bertz CT molecular complexity index is 542. The molecular formula is C18H28N4O. The Hall–Kier alpha value is -1.62. The van der Waals surface area contributed by atoms with Crippen LogP contribution in [0.1, 0.15) is 31.4 Å². The van der Waals surface area contributed by atoms with Gasteiger partial charge in [-0.15, -0.1) is 0 Å². The monoisotopic (exact) mass is 316 g/mol. The van der Waals surface area contributed by atoms with Gasteiger partial charge in [-0.25, -0.2) is 4.98 Å². The maximum Gasteiger partial charge on any atom is 0.236 e. The molecule has 1 aromatic heterocycles. The minimum absolute atomic E-state index is 0.288. The Labute approximate surface area is 139 Å². The van der Waals surface area contributed by atoms with Crippen molar-refractivity contribution in [3.8, 4) is 0 Å². The molecule has 0 radical (unpaired) electrons. The highest BCUT2D eigenvalue weighted by Crippen LogP contribution is 2.21. The first-order chi connectivity index (χ1) is 11.1. The second-order valence-electron chi connectivity index (χ2n) is 6.88. The van der Waals surface area contributed by atoms with Gasteiger partial charge in [0.25, 0.3) is 0 Å². The number of piperidine rings is 1. The third kappa shape index (κ3) is 4.02. The first kappa shape index (κ1) is 16.2. The lowest BCUT2D eigenvalue weighted by Crippen LogP contribution is -2.49. The summed E-state index contributed by atoms with van der Waals surface area (Å²) < 4.78 is 0. The van der Waals surface area contributed by atoms with Crippen LogP contribution in [0, 0.1) is 6.92 Å². The fourth-order valence-corrected chi connectivity index (χ4v) is 3.64. The summed E-state index contributed by atoms with van der Waals surface area (Å²) in [6.07, 6.45) is 4.63. The molecule has 5 nitrogen and oxygen atoms in total. The van der Waals surface area contributed by atoms with Gasteiger partial charge in [0.15, 0.2) is 0 Å². The smallest absolute Gasteiger partial charge is 0.236 e. The zero-order valence-electron chi connectivity index (χ0n) is 14.4. The summed E-state index contributed by atoms with van der Waals surface area (Å²) in [7, 11) is 2.09. The number of pyridine rings is 1. The van der Waals surface area contributed by atoms with Crippen LogP contribution >= 0.6 is 0 Å². The highest BCUT2D eigenvalue weighted by atomic mass is 16.2. The number of likely N-dealkylation sites (tertiary alicyclic amines) is 1. The number of likely N-dealkylation sites (N-methyl/N-ethyl adjacent to an activating group) is 1. The van der Waals surface area contributed by atoms with Crippen molar-refractivity contribution in [2.24, 2.45) is 0 Å². The Morgan fingerprint density at radius 2 is 2.04 bits per heavy atom. The largest absolute Gasteiger partial charge is 0.355 e. The zero-order chi connectivity index (χ0) is 16.2. The van der Waals surface area contributed by atoms with Gasteiger partial charge >= 0.3 is 0 Å². The molecule has 3 rings (SSSR count). The van der Waals surface area contributed by atoms with Crippen LogP contribution in [0.5, 0.6) is 0 Å². The van der Waals surface area contributed by atoms with Crippen molar-refractivity contribution >= 4 is 11.7 Å². The SMILES string of the molecule is Cc1cccc(N2CCC[C@H](N(C)CC(=O)N3CCCC3)C2)n1. The maximum absolute atomic E-state index is 12.4. The lowest BCUT2D eigenvalue weighted by atomic mass is 10.0. The molecule has 0 saturated carbocycles. The Morgan fingerprint density at radius 1 is 1.26 bits per heavy atom. The summed E-state index contributed by atoms with van der Waals surface area (Å²) in [6.45, 7) is 6.47. The lowest BCUT2D eigenvalue weighted by molar-refractivity contribution is -0.131. The Balaban J connectivity index is 1.58. The van der Waals surface area contributed by atoms with E-state index in [0.29, 0.717) is 12.6 Å². The number of amides is 1. The van der Waals surface area contributed by atoms with E-state index in [1.807, 2.05) is 17.9 Å². The van der Waals surface area contributed by atoms with E-state index in [-0.39, 0.29) is 5.91 Å². The normalized spacial score (nSPS) is 22.0. The van der Waals surface area contributed by atoms with Crippen LogP contribution in [0.2, 0.25) is 0 Å². The second kappa shape index (κ2) is 7.30. The first-order valence-electron chi connectivity index (χ1n) is 8.80. The molecule has 0 spiro atoms. The fraction of sp³-hybridized carbons (Fsp3) is 0.667. The van der Waals surface area contributed by atoms with E-state index in [9.17, 15) is 4.79 Å². The molecule has 0 bridgehead atoms. The molecule has 1 aromatic rings. The number of carbonyl (C=O) groups excluding carboxylic acids is 1. The topological polar surface area (TPSA) is 39.7 Å². The van der Waals surface area contributed by atoms with E-state index < -0.39 is 0 Å². The molecule has 2 aliphatic heterocycles. The molecular weight excluding hydrogens is 288 g/mol. The predicted molar refractivity (Wildman–Crippen MR) is 92.7 cm³/mol. The summed E-state index contributed by atoms with van der Waals surface area (Å²) in [4.78, 5) is 23.6. The minimum Gasteiger partial charge on any atom is -0.355 e. The molecule has 1 atom stereocenters. The van der Waals surface area contributed by atoms with Crippen molar-refractivity contribution in [1.29, 1.82) is 0 Å². The highest BCUT2D eigenvalue weighted by molar-refractivity contribution is 5.78. The van der Waals surface area contributed by atoms with E-state index in [1.165, 1.54) is 0 Å². The lowest BCUT2D eigenvalue weighted by Gasteiger charge is -2.38. The van der Waals surface area contributed by atoms with Crippen molar-refractivity contribution < 1.29 is 4.79 Å². The Morgan fingerprint density at radius 3 is 2.78 bits per heavy atom. The van der Waals surface area contributed by atoms with E-state index >= 15 is 0 Å². The van der Waals surface area contributed by atoms with Gasteiger partial charge in [0, 0.05) is 37.9 Å². The van der Waals surface area contributed by atoms with E-state index in [2.05, 4.69) is 34.0 Å². The molecule has 2 aliphatic rings. The molecule has 2 saturated heterocycles. The quantitative estimate of drug-likeness (QED) is 0.851. The number of rotatable bonds is 4. The predicted octanol–water partition coefficient (Wildman–Crippen LogP) is 1.91. The molecule has 2 fully saturated rings. The summed E-state index contributed by atoms with van der Waals surface area (Å²) in [6, 6.07) is 6.62. The van der Waals surface area contributed by atoms with Gasteiger partial charge in [-0.1, -0.05) is 6.07 Å². The molecule has 5 heteroatoms. The summed E-state index contributed by atoms with van der Waals surface area (Å²) in [5.74, 6) is 1.35. The maximum atomic E-state index is 12.4. The van der Waals surface area contributed by atoms with Crippen LogP contribution in [0.3, 0.4) is 0 Å². The summed E-state index contributed by atoms with van der Waals surface area (Å²) >= 11 is 0. The highest BCUT2D eigenvalue weighted by Gasteiger charge is 2.27. The molecule has 0 aliphatic carbocycles. The average molecular weight is 316 g/mol. The number of anilines is 1.